The Hall–Kier alpha value is -3.06. The van der Waals surface area contributed by atoms with Gasteiger partial charge in [-0.05, 0) is 36.2 Å². The first-order valence-corrected chi connectivity index (χ1v) is 9.17. The van der Waals surface area contributed by atoms with Gasteiger partial charge in [0.25, 0.3) is 0 Å². The van der Waals surface area contributed by atoms with E-state index in [0.29, 0.717) is 10.8 Å². The molecular weight excluding hydrogens is 362 g/mol. The summed E-state index contributed by atoms with van der Waals surface area (Å²) in [4.78, 5) is 27.6. The molecule has 0 saturated heterocycles. The third-order valence-electron chi connectivity index (χ3n) is 3.99. The summed E-state index contributed by atoms with van der Waals surface area (Å²) in [6.07, 6.45) is 0. The number of methoxy groups -OCH3 is 1. The zero-order valence-corrected chi connectivity index (χ0v) is 15.7. The van der Waals surface area contributed by atoms with Crippen LogP contribution in [0.2, 0.25) is 0 Å². The molecule has 0 radical (unpaired) electrons. The zero-order valence-electron chi connectivity index (χ0n) is 14.9. The van der Waals surface area contributed by atoms with Crippen molar-refractivity contribution < 1.29 is 14.3 Å². The predicted molar refractivity (Wildman–Crippen MR) is 107 cm³/mol. The highest BCUT2D eigenvalue weighted by molar-refractivity contribution is 8.00. The second-order valence-corrected chi connectivity index (χ2v) is 7.23. The SMILES string of the molecule is COc1ccc2c(-c3ccccc3)cc(S[C@H](C)C(=O)NC(N)=O)nc2c1. The van der Waals surface area contributed by atoms with Crippen molar-refractivity contribution in [1.82, 2.24) is 10.3 Å². The van der Waals surface area contributed by atoms with E-state index < -0.39 is 17.2 Å². The van der Waals surface area contributed by atoms with Gasteiger partial charge in [0.05, 0.1) is 22.9 Å². The van der Waals surface area contributed by atoms with Crippen LogP contribution in [-0.4, -0.2) is 29.3 Å². The summed E-state index contributed by atoms with van der Waals surface area (Å²) in [7, 11) is 1.61. The Morgan fingerprint density at radius 1 is 1.15 bits per heavy atom. The summed E-state index contributed by atoms with van der Waals surface area (Å²) in [6.45, 7) is 1.70. The number of nitrogens with two attached hydrogens (primary N) is 1. The van der Waals surface area contributed by atoms with Gasteiger partial charge in [-0.2, -0.15) is 0 Å². The lowest BCUT2D eigenvalue weighted by Crippen LogP contribution is -2.39. The molecule has 0 saturated carbocycles. The second kappa shape index (κ2) is 8.09. The van der Waals surface area contributed by atoms with Gasteiger partial charge in [0, 0.05) is 11.5 Å². The Morgan fingerprint density at radius 3 is 2.56 bits per heavy atom. The number of imide groups is 1. The molecule has 3 amide bonds. The number of nitrogens with zero attached hydrogens (tertiary/aromatic N) is 1. The number of fused-ring (bicyclic) bond motifs is 1. The summed E-state index contributed by atoms with van der Waals surface area (Å²) in [5, 5.41) is 3.22. The summed E-state index contributed by atoms with van der Waals surface area (Å²) in [5.41, 5.74) is 7.84. The highest BCUT2D eigenvalue weighted by Gasteiger charge is 2.18. The maximum absolute atomic E-state index is 12.0. The standard InChI is InChI=1S/C20H19N3O3S/c1-12(19(24)23-20(21)25)27-18-11-16(13-6-4-3-5-7-13)15-9-8-14(26-2)10-17(15)22-18/h3-12H,1-2H3,(H3,21,23,24,25)/t12-/m1/s1. The third-order valence-corrected chi connectivity index (χ3v) is 5.01. The molecular formula is C20H19N3O3S. The number of aromatic nitrogens is 1. The predicted octanol–water partition coefficient (Wildman–Crippen LogP) is 3.59. The van der Waals surface area contributed by atoms with E-state index in [4.69, 9.17) is 10.5 Å². The first-order chi connectivity index (χ1) is 13.0. The first-order valence-electron chi connectivity index (χ1n) is 8.29. The molecule has 0 aliphatic rings. The van der Waals surface area contributed by atoms with Gasteiger partial charge < -0.3 is 10.5 Å². The summed E-state index contributed by atoms with van der Waals surface area (Å²) in [6, 6.07) is 16.8. The number of urea groups is 1. The molecule has 0 unspecified atom stereocenters. The topological polar surface area (TPSA) is 94.3 Å². The number of pyridine rings is 1. The van der Waals surface area contributed by atoms with Crippen molar-refractivity contribution >= 4 is 34.6 Å². The lowest BCUT2D eigenvalue weighted by atomic mass is 10.0. The van der Waals surface area contributed by atoms with E-state index in [2.05, 4.69) is 10.3 Å². The number of carbonyl (C=O) groups excluding carboxylic acids is 2. The number of benzene rings is 2. The summed E-state index contributed by atoms with van der Waals surface area (Å²) >= 11 is 1.26. The average Bonchev–Trinajstić information content (AvgIpc) is 2.67. The van der Waals surface area contributed by atoms with Crippen molar-refractivity contribution in [2.75, 3.05) is 7.11 Å². The minimum Gasteiger partial charge on any atom is -0.497 e. The number of hydrogen-bond acceptors (Lipinski definition) is 5. The number of rotatable bonds is 5. The van der Waals surface area contributed by atoms with E-state index in [9.17, 15) is 9.59 Å². The normalized spacial score (nSPS) is 11.8. The van der Waals surface area contributed by atoms with Crippen molar-refractivity contribution in [2.45, 2.75) is 17.2 Å². The molecule has 0 aliphatic carbocycles. The quantitative estimate of drug-likeness (QED) is 0.659. The molecule has 0 fully saturated rings. The highest BCUT2D eigenvalue weighted by atomic mass is 32.2. The van der Waals surface area contributed by atoms with Gasteiger partial charge in [0.2, 0.25) is 5.91 Å². The van der Waals surface area contributed by atoms with Crippen molar-refractivity contribution in [3.8, 4) is 16.9 Å². The Bertz CT molecular complexity index is 992. The number of hydrogen-bond donors (Lipinski definition) is 2. The number of ether oxygens (including phenoxy) is 1. The first kappa shape index (κ1) is 18.7. The summed E-state index contributed by atoms with van der Waals surface area (Å²) < 4.78 is 5.31. The van der Waals surface area contributed by atoms with Crippen molar-refractivity contribution in [2.24, 2.45) is 5.73 Å². The minimum absolute atomic E-state index is 0.457. The third kappa shape index (κ3) is 4.38. The van der Waals surface area contributed by atoms with Crippen LogP contribution in [0.4, 0.5) is 4.79 Å². The number of thioether (sulfide) groups is 1. The number of primary amides is 1. The van der Waals surface area contributed by atoms with Crippen molar-refractivity contribution in [3.05, 3.63) is 54.6 Å². The van der Waals surface area contributed by atoms with E-state index in [1.807, 2.05) is 54.6 Å². The molecule has 2 aromatic carbocycles. The fourth-order valence-electron chi connectivity index (χ4n) is 2.69. The fourth-order valence-corrected chi connectivity index (χ4v) is 3.55. The Balaban J connectivity index is 2.05. The molecule has 6 nitrogen and oxygen atoms in total. The van der Waals surface area contributed by atoms with Crippen molar-refractivity contribution in [3.63, 3.8) is 0 Å². The molecule has 1 aromatic heterocycles. The van der Waals surface area contributed by atoms with Crippen LogP contribution >= 0.6 is 11.8 Å². The monoisotopic (exact) mass is 381 g/mol. The van der Waals surface area contributed by atoms with Crippen LogP contribution in [0.5, 0.6) is 5.75 Å². The van der Waals surface area contributed by atoms with E-state index in [-0.39, 0.29) is 0 Å². The maximum atomic E-state index is 12.0. The molecule has 0 aliphatic heterocycles. The average molecular weight is 381 g/mol. The van der Waals surface area contributed by atoms with Crippen LogP contribution in [0.15, 0.2) is 59.6 Å². The van der Waals surface area contributed by atoms with Crippen LogP contribution in [0.1, 0.15) is 6.92 Å². The van der Waals surface area contributed by atoms with Gasteiger partial charge in [0.1, 0.15) is 5.75 Å². The fraction of sp³-hybridized carbons (Fsp3) is 0.150. The molecule has 3 N–H and O–H groups in total. The number of amides is 3. The van der Waals surface area contributed by atoms with Gasteiger partial charge in [-0.15, -0.1) is 0 Å². The van der Waals surface area contributed by atoms with Gasteiger partial charge >= 0.3 is 6.03 Å². The van der Waals surface area contributed by atoms with Crippen LogP contribution in [0.3, 0.4) is 0 Å². The number of carbonyl (C=O) groups is 2. The molecule has 1 heterocycles. The van der Waals surface area contributed by atoms with Crippen LogP contribution in [-0.2, 0) is 4.79 Å². The molecule has 7 heteroatoms. The molecule has 27 heavy (non-hydrogen) atoms. The van der Waals surface area contributed by atoms with E-state index >= 15 is 0 Å². The lowest BCUT2D eigenvalue weighted by Gasteiger charge is -2.13. The Morgan fingerprint density at radius 2 is 1.89 bits per heavy atom. The maximum Gasteiger partial charge on any atom is 0.318 e. The van der Waals surface area contributed by atoms with Gasteiger partial charge in [-0.25, -0.2) is 9.78 Å². The van der Waals surface area contributed by atoms with Gasteiger partial charge in [0.15, 0.2) is 0 Å². The largest absolute Gasteiger partial charge is 0.497 e. The molecule has 0 spiro atoms. The summed E-state index contributed by atoms with van der Waals surface area (Å²) in [5.74, 6) is 0.247. The van der Waals surface area contributed by atoms with Crippen LogP contribution in [0, 0.1) is 0 Å². The minimum atomic E-state index is -0.867. The van der Waals surface area contributed by atoms with E-state index in [1.165, 1.54) is 11.8 Å². The highest BCUT2D eigenvalue weighted by Crippen LogP contribution is 2.34. The number of nitrogens with one attached hydrogen (secondary N) is 1. The molecule has 3 rings (SSSR count). The van der Waals surface area contributed by atoms with E-state index in [1.54, 1.807) is 14.0 Å². The van der Waals surface area contributed by atoms with Gasteiger partial charge in [-0.1, -0.05) is 42.1 Å². The van der Waals surface area contributed by atoms with Gasteiger partial charge in [-0.3, -0.25) is 10.1 Å². The second-order valence-electron chi connectivity index (χ2n) is 5.87. The zero-order chi connectivity index (χ0) is 19.4. The molecule has 0 bridgehead atoms. The van der Waals surface area contributed by atoms with Crippen molar-refractivity contribution in [1.29, 1.82) is 0 Å². The Labute approximate surface area is 161 Å². The smallest absolute Gasteiger partial charge is 0.318 e. The Kier molecular flexibility index (Phi) is 5.61. The molecule has 138 valence electrons. The molecule has 1 atom stereocenters. The van der Waals surface area contributed by atoms with Crippen LogP contribution in [0.25, 0.3) is 22.0 Å². The van der Waals surface area contributed by atoms with Crippen LogP contribution < -0.4 is 15.8 Å². The lowest BCUT2D eigenvalue weighted by molar-refractivity contribution is -0.119. The van der Waals surface area contributed by atoms with E-state index in [0.717, 1.165) is 22.0 Å². The molecule has 3 aromatic rings.